The third-order valence-corrected chi connectivity index (χ3v) is 6.85. The molecule has 5 heteroatoms. The first-order valence-electron chi connectivity index (χ1n) is 12.7. The van der Waals surface area contributed by atoms with Crippen molar-refractivity contribution in [1.82, 2.24) is 14.9 Å². The van der Waals surface area contributed by atoms with Gasteiger partial charge in [0.15, 0.2) is 0 Å². The Morgan fingerprint density at radius 1 is 0.778 bits per heavy atom. The number of carbonyl (C=O) groups is 1. The Morgan fingerprint density at radius 2 is 1.39 bits per heavy atom. The third kappa shape index (κ3) is 5.15. The number of rotatable bonds is 6. The van der Waals surface area contributed by atoms with Gasteiger partial charge in [0.1, 0.15) is 11.6 Å². The molecule has 0 atom stereocenters. The molecule has 0 N–H and O–H groups in total. The Bertz CT molecular complexity index is 1310. The van der Waals surface area contributed by atoms with Crippen molar-refractivity contribution in [3.8, 4) is 11.1 Å². The number of piperazine rings is 1. The molecule has 4 aromatic rings. The van der Waals surface area contributed by atoms with Crippen LogP contribution in [0.2, 0.25) is 0 Å². The van der Waals surface area contributed by atoms with E-state index in [0.29, 0.717) is 13.1 Å². The molecule has 182 valence electrons. The van der Waals surface area contributed by atoms with Crippen LogP contribution in [0.3, 0.4) is 0 Å². The van der Waals surface area contributed by atoms with Crippen molar-refractivity contribution in [2.45, 2.75) is 26.7 Å². The summed E-state index contributed by atoms with van der Waals surface area (Å²) in [5, 5.41) is 0. The molecule has 1 aromatic heterocycles. The third-order valence-electron chi connectivity index (χ3n) is 6.85. The molecule has 0 bridgehead atoms. The summed E-state index contributed by atoms with van der Waals surface area (Å²) < 4.78 is 0. The van der Waals surface area contributed by atoms with Crippen LogP contribution in [0.5, 0.6) is 0 Å². The molecule has 5 rings (SSSR count). The van der Waals surface area contributed by atoms with Crippen molar-refractivity contribution in [3.63, 3.8) is 0 Å². The van der Waals surface area contributed by atoms with E-state index >= 15 is 0 Å². The Kier molecular flexibility index (Phi) is 7.08. The highest BCUT2D eigenvalue weighted by Gasteiger charge is 2.26. The van der Waals surface area contributed by atoms with Gasteiger partial charge in [0, 0.05) is 49.4 Å². The summed E-state index contributed by atoms with van der Waals surface area (Å²) in [5.41, 5.74) is 6.58. The largest absolute Gasteiger partial charge is 0.353 e. The van der Waals surface area contributed by atoms with Gasteiger partial charge in [-0.25, -0.2) is 9.97 Å². The monoisotopic (exact) mass is 476 g/mol. The zero-order valence-corrected chi connectivity index (χ0v) is 21.0. The summed E-state index contributed by atoms with van der Waals surface area (Å²) in [4.78, 5) is 27.2. The minimum Gasteiger partial charge on any atom is -0.353 e. The second-order valence-corrected chi connectivity index (χ2v) is 9.26. The van der Waals surface area contributed by atoms with Crippen molar-refractivity contribution in [1.29, 1.82) is 0 Å². The Labute approximate surface area is 213 Å². The minimum absolute atomic E-state index is 0.0897. The van der Waals surface area contributed by atoms with Gasteiger partial charge in [-0.05, 0) is 42.2 Å². The van der Waals surface area contributed by atoms with Gasteiger partial charge in [-0.15, -0.1) is 0 Å². The highest BCUT2D eigenvalue weighted by Crippen LogP contribution is 2.26. The maximum Gasteiger partial charge on any atom is 0.253 e. The second-order valence-electron chi connectivity index (χ2n) is 9.26. The molecule has 5 nitrogen and oxygen atoms in total. The average Bonchev–Trinajstić information content (AvgIpc) is 2.94. The van der Waals surface area contributed by atoms with E-state index in [4.69, 9.17) is 9.97 Å². The molecule has 2 heterocycles. The predicted octanol–water partition coefficient (Wildman–Crippen LogP) is 5.57. The summed E-state index contributed by atoms with van der Waals surface area (Å²) in [6.45, 7) is 6.99. The van der Waals surface area contributed by atoms with Crippen molar-refractivity contribution in [2.24, 2.45) is 0 Å². The lowest BCUT2D eigenvalue weighted by atomic mass is 10.0. The molecule has 0 unspecified atom stereocenters. The zero-order chi connectivity index (χ0) is 24.9. The first kappa shape index (κ1) is 23.7. The quantitative estimate of drug-likeness (QED) is 0.365. The molecule has 36 heavy (non-hydrogen) atoms. The number of benzene rings is 3. The van der Waals surface area contributed by atoms with Gasteiger partial charge in [0.25, 0.3) is 5.91 Å². The van der Waals surface area contributed by atoms with Gasteiger partial charge in [-0.1, -0.05) is 79.7 Å². The summed E-state index contributed by atoms with van der Waals surface area (Å²) >= 11 is 0. The lowest BCUT2D eigenvalue weighted by Crippen LogP contribution is -2.49. The molecule has 0 spiro atoms. The number of nitrogens with zero attached hydrogens (tertiary/aromatic N) is 4. The maximum absolute atomic E-state index is 13.2. The van der Waals surface area contributed by atoms with Crippen LogP contribution in [0.4, 0.5) is 5.82 Å². The minimum atomic E-state index is 0.0897. The summed E-state index contributed by atoms with van der Waals surface area (Å²) in [6.07, 6.45) is 1.68. The molecule has 1 aliphatic rings. The lowest BCUT2D eigenvalue weighted by Gasteiger charge is -2.36. The molecule has 1 amide bonds. The molecule has 1 saturated heterocycles. The fourth-order valence-corrected chi connectivity index (χ4v) is 4.91. The van der Waals surface area contributed by atoms with Crippen molar-refractivity contribution < 1.29 is 4.79 Å². The molecule has 3 aromatic carbocycles. The highest BCUT2D eigenvalue weighted by molar-refractivity contribution is 5.95. The molecule has 0 aliphatic carbocycles. The number of hydrogen-bond acceptors (Lipinski definition) is 4. The molecular weight excluding hydrogens is 444 g/mol. The maximum atomic E-state index is 13.2. The number of carbonyl (C=O) groups excluding carboxylic acids is 1. The molecule has 1 fully saturated rings. The summed E-state index contributed by atoms with van der Waals surface area (Å²) in [6, 6.07) is 28.7. The molecular formula is C31H32N4O. The van der Waals surface area contributed by atoms with Gasteiger partial charge >= 0.3 is 0 Å². The number of amides is 1. The van der Waals surface area contributed by atoms with E-state index in [-0.39, 0.29) is 5.91 Å². The van der Waals surface area contributed by atoms with Crippen LogP contribution in [0, 0.1) is 6.92 Å². The predicted molar refractivity (Wildman–Crippen MR) is 145 cm³/mol. The Hall–Kier alpha value is -3.99. The van der Waals surface area contributed by atoms with Crippen LogP contribution in [0.15, 0.2) is 84.9 Å². The number of hydrogen-bond donors (Lipinski definition) is 0. The highest BCUT2D eigenvalue weighted by atomic mass is 16.2. The first-order chi connectivity index (χ1) is 17.6. The van der Waals surface area contributed by atoms with E-state index in [1.54, 1.807) is 0 Å². The van der Waals surface area contributed by atoms with E-state index in [0.717, 1.165) is 60.0 Å². The standard InChI is InChI=1S/C31H32N4O/c1-3-29-28(22-24-10-6-4-7-11-24)30(33-23(2)32-29)34-18-20-35(21-19-34)31(36)27-16-14-26(15-17-27)25-12-8-5-9-13-25/h4-17H,3,18-22H2,1-2H3. The summed E-state index contributed by atoms with van der Waals surface area (Å²) in [5.74, 6) is 1.91. The van der Waals surface area contributed by atoms with E-state index < -0.39 is 0 Å². The first-order valence-corrected chi connectivity index (χ1v) is 12.7. The molecule has 0 radical (unpaired) electrons. The number of anilines is 1. The number of aryl methyl sites for hydroxylation is 2. The van der Waals surface area contributed by atoms with Crippen molar-refractivity contribution in [2.75, 3.05) is 31.1 Å². The Morgan fingerprint density at radius 3 is 2.03 bits per heavy atom. The second kappa shape index (κ2) is 10.7. The Balaban J connectivity index is 1.30. The molecule has 0 saturated carbocycles. The van der Waals surface area contributed by atoms with E-state index in [2.05, 4.69) is 48.2 Å². The smallest absolute Gasteiger partial charge is 0.253 e. The normalized spacial score (nSPS) is 13.6. The SMILES string of the molecule is CCc1nc(C)nc(N2CCN(C(=O)c3ccc(-c4ccccc4)cc3)CC2)c1Cc1ccccc1. The topological polar surface area (TPSA) is 49.3 Å². The van der Waals surface area contributed by atoms with E-state index in [1.807, 2.05) is 60.4 Å². The fraction of sp³-hybridized carbons (Fsp3) is 0.258. The van der Waals surface area contributed by atoms with Gasteiger partial charge < -0.3 is 9.80 Å². The van der Waals surface area contributed by atoms with E-state index in [9.17, 15) is 4.79 Å². The lowest BCUT2D eigenvalue weighted by molar-refractivity contribution is 0.0746. The van der Waals surface area contributed by atoms with Gasteiger partial charge in [-0.2, -0.15) is 0 Å². The number of aromatic nitrogens is 2. The molecule has 1 aliphatic heterocycles. The van der Waals surface area contributed by atoms with Gasteiger partial charge in [0.2, 0.25) is 0 Å². The average molecular weight is 477 g/mol. The van der Waals surface area contributed by atoms with Crippen molar-refractivity contribution >= 4 is 11.7 Å². The zero-order valence-electron chi connectivity index (χ0n) is 21.0. The van der Waals surface area contributed by atoms with Crippen molar-refractivity contribution in [3.05, 3.63) is 113 Å². The van der Waals surface area contributed by atoms with Gasteiger partial charge in [0.05, 0.1) is 0 Å². The van der Waals surface area contributed by atoms with Crippen LogP contribution in [-0.2, 0) is 12.8 Å². The van der Waals surface area contributed by atoms with Crippen LogP contribution in [0.25, 0.3) is 11.1 Å². The van der Waals surface area contributed by atoms with Gasteiger partial charge in [-0.3, -0.25) is 4.79 Å². The van der Waals surface area contributed by atoms with Crippen LogP contribution in [-0.4, -0.2) is 47.0 Å². The van der Waals surface area contributed by atoms with Crippen LogP contribution in [0.1, 0.15) is 39.9 Å². The van der Waals surface area contributed by atoms with Crippen LogP contribution >= 0.6 is 0 Å². The van der Waals surface area contributed by atoms with E-state index in [1.165, 1.54) is 11.1 Å². The summed E-state index contributed by atoms with van der Waals surface area (Å²) in [7, 11) is 0. The van der Waals surface area contributed by atoms with Crippen LogP contribution < -0.4 is 4.90 Å². The fourth-order valence-electron chi connectivity index (χ4n) is 4.91.